The lowest BCUT2D eigenvalue weighted by Gasteiger charge is -2.12. The summed E-state index contributed by atoms with van der Waals surface area (Å²) in [5.74, 6) is 0. The minimum Gasteiger partial charge on any atom is -0.398 e. The molecule has 0 saturated heterocycles. The fraction of sp³-hybridized carbons (Fsp3) is 0.143. The van der Waals surface area contributed by atoms with E-state index in [1.807, 2.05) is 6.92 Å². The van der Waals surface area contributed by atoms with Crippen molar-refractivity contribution in [2.24, 2.45) is 0 Å². The number of hydrogen-bond acceptors (Lipinski definition) is 3. The van der Waals surface area contributed by atoms with Gasteiger partial charge in [-0.15, -0.1) is 0 Å². The van der Waals surface area contributed by atoms with E-state index in [9.17, 15) is 8.42 Å². The minimum absolute atomic E-state index is 0.125. The van der Waals surface area contributed by atoms with E-state index in [1.165, 1.54) is 12.1 Å². The predicted molar refractivity (Wildman–Crippen MR) is 82.6 cm³/mol. The van der Waals surface area contributed by atoms with Crippen LogP contribution in [0.1, 0.15) is 11.1 Å². The summed E-state index contributed by atoms with van der Waals surface area (Å²) in [6, 6.07) is 9.70. The van der Waals surface area contributed by atoms with Crippen molar-refractivity contribution in [3.05, 3.63) is 52.5 Å². The first-order valence-electron chi connectivity index (χ1n) is 5.95. The first kappa shape index (κ1) is 14.7. The predicted octanol–water partition coefficient (Wildman–Crippen LogP) is 3.34. The zero-order valence-corrected chi connectivity index (χ0v) is 12.7. The zero-order chi connectivity index (χ0) is 14.9. The van der Waals surface area contributed by atoms with Gasteiger partial charge in [-0.05, 0) is 49.2 Å². The highest BCUT2D eigenvalue weighted by Crippen LogP contribution is 2.26. The molecule has 0 bridgehead atoms. The second-order valence-corrected chi connectivity index (χ2v) is 6.63. The Kier molecular flexibility index (Phi) is 3.92. The lowest BCUT2D eigenvalue weighted by molar-refractivity contribution is 0.601. The number of sulfonamides is 1. The molecule has 0 aliphatic rings. The molecule has 0 aliphatic carbocycles. The molecule has 0 heterocycles. The average Bonchev–Trinajstić information content (AvgIpc) is 2.38. The Morgan fingerprint density at radius 3 is 2.50 bits per heavy atom. The Balaban J connectivity index is 2.41. The quantitative estimate of drug-likeness (QED) is 0.854. The fourth-order valence-corrected chi connectivity index (χ4v) is 3.04. The van der Waals surface area contributed by atoms with Crippen molar-refractivity contribution in [1.82, 2.24) is 0 Å². The molecule has 106 valence electrons. The van der Waals surface area contributed by atoms with Crippen molar-refractivity contribution in [1.29, 1.82) is 0 Å². The number of benzene rings is 2. The molecular formula is C14H15ClN2O2S. The third kappa shape index (κ3) is 2.89. The Morgan fingerprint density at radius 2 is 1.85 bits per heavy atom. The SMILES string of the molecule is Cc1ccc(S(=O)(=O)Nc2cccc(Cl)c2C)cc1N. The van der Waals surface area contributed by atoms with Crippen molar-refractivity contribution in [2.45, 2.75) is 18.7 Å². The molecule has 3 N–H and O–H groups in total. The normalized spacial score (nSPS) is 11.3. The summed E-state index contributed by atoms with van der Waals surface area (Å²) < 4.78 is 27.2. The van der Waals surface area contributed by atoms with Gasteiger partial charge in [0.15, 0.2) is 0 Å². The summed E-state index contributed by atoms with van der Waals surface area (Å²) in [4.78, 5) is 0.125. The van der Waals surface area contributed by atoms with E-state index >= 15 is 0 Å². The van der Waals surface area contributed by atoms with Crippen molar-refractivity contribution >= 4 is 33.0 Å². The Morgan fingerprint density at radius 1 is 1.15 bits per heavy atom. The number of hydrogen-bond donors (Lipinski definition) is 2. The Labute approximate surface area is 123 Å². The van der Waals surface area contributed by atoms with Gasteiger partial charge in [0.1, 0.15) is 0 Å². The Hall–Kier alpha value is -1.72. The number of nitrogens with two attached hydrogens (primary N) is 1. The average molecular weight is 311 g/mol. The number of aryl methyl sites for hydroxylation is 1. The summed E-state index contributed by atoms with van der Waals surface area (Å²) in [7, 11) is -3.68. The molecule has 0 radical (unpaired) electrons. The number of nitrogens with one attached hydrogen (secondary N) is 1. The van der Waals surface area contributed by atoms with Crippen LogP contribution in [0.25, 0.3) is 0 Å². The number of rotatable bonds is 3. The molecule has 4 nitrogen and oxygen atoms in total. The zero-order valence-electron chi connectivity index (χ0n) is 11.1. The summed E-state index contributed by atoms with van der Waals surface area (Å²) in [5.41, 5.74) is 8.16. The monoisotopic (exact) mass is 310 g/mol. The molecule has 0 amide bonds. The maximum atomic E-state index is 12.3. The van der Waals surface area contributed by atoms with Gasteiger partial charge in [-0.3, -0.25) is 4.72 Å². The topological polar surface area (TPSA) is 72.2 Å². The lowest BCUT2D eigenvalue weighted by Crippen LogP contribution is -2.14. The smallest absolute Gasteiger partial charge is 0.261 e. The van der Waals surface area contributed by atoms with Crippen molar-refractivity contribution < 1.29 is 8.42 Å². The van der Waals surface area contributed by atoms with Gasteiger partial charge in [-0.2, -0.15) is 0 Å². The number of halogens is 1. The molecule has 0 unspecified atom stereocenters. The molecule has 0 aromatic heterocycles. The second-order valence-electron chi connectivity index (χ2n) is 4.54. The van der Waals surface area contributed by atoms with E-state index in [0.717, 1.165) is 5.56 Å². The van der Waals surface area contributed by atoms with Gasteiger partial charge < -0.3 is 5.73 Å². The fourth-order valence-electron chi connectivity index (χ4n) is 1.71. The van der Waals surface area contributed by atoms with E-state index in [2.05, 4.69) is 4.72 Å². The van der Waals surface area contributed by atoms with E-state index in [4.69, 9.17) is 17.3 Å². The summed E-state index contributed by atoms with van der Waals surface area (Å²) >= 11 is 5.98. The number of anilines is 2. The first-order valence-corrected chi connectivity index (χ1v) is 7.81. The third-order valence-corrected chi connectivity index (χ3v) is 4.85. The van der Waals surface area contributed by atoms with Crippen LogP contribution in [0.5, 0.6) is 0 Å². The molecule has 2 aromatic carbocycles. The van der Waals surface area contributed by atoms with E-state index < -0.39 is 10.0 Å². The highest BCUT2D eigenvalue weighted by Gasteiger charge is 2.16. The van der Waals surface area contributed by atoms with E-state index in [1.54, 1.807) is 31.2 Å². The van der Waals surface area contributed by atoms with Gasteiger partial charge in [0.05, 0.1) is 10.6 Å². The van der Waals surface area contributed by atoms with Crippen molar-refractivity contribution in [2.75, 3.05) is 10.5 Å². The van der Waals surface area contributed by atoms with Crippen LogP contribution in [0.3, 0.4) is 0 Å². The standard InChI is InChI=1S/C14H15ClN2O2S/c1-9-6-7-11(8-13(9)16)20(18,19)17-14-5-3-4-12(15)10(14)2/h3-8,17H,16H2,1-2H3. The maximum Gasteiger partial charge on any atom is 0.261 e. The van der Waals surface area contributed by atoms with Crippen molar-refractivity contribution in [3.8, 4) is 0 Å². The van der Waals surface area contributed by atoms with Crippen LogP contribution in [0.2, 0.25) is 5.02 Å². The summed E-state index contributed by atoms with van der Waals surface area (Å²) in [6.07, 6.45) is 0. The van der Waals surface area contributed by atoms with E-state index in [0.29, 0.717) is 22.0 Å². The van der Waals surface area contributed by atoms with Crippen molar-refractivity contribution in [3.63, 3.8) is 0 Å². The van der Waals surface area contributed by atoms with Gasteiger partial charge in [-0.1, -0.05) is 23.7 Å². The number of nitrogen functional groups attached to an aromatic ring is 1. The molecule has 0 spiro atoms. The molecule has 20 heavy (non-hydrogen) atoms. The molecule has 6 heteroatoms. The highest BCUT2D eigenvalue weighted by molar-refractivity contribution is 7.92. The minimum atomic E-state index is -3.68. The van der Waals surface area contributed by atoms with Gasteiger partial charge in [-0.25, -0.2) is 8.42 Å². The molecule has 0 atom stereocenters. The molecule has 2 aromatic rings. The third-order valence-electron chi connectivity index (χ3n) is 3.07. The highest BCUT2D eigenvalue weighted by atomic mass is 35.5. The van der Waals surface area contributed by atoms with Crippen LogP contribution < -0.4 is 10.5 Å². The maximum absolute atomic E-state index is 12.3. The van der Waals surface area contributed by atoms with E-state index in [-0.39, 0.29) is 4.90 Å². The Bertz CT molecular complexity index is 758. The molecule has 0 aliphatic heterocycles. The largest absolute Gasteiger partial charge is 0.398 e. The van der Waals surface area contributed by atoms with Crippen LogP contribution in [-0.4, -0.2) is 8.42 Å². The van der Waals surface area contributed by atoms with Crippen LogP contribution in [0.4, 0.5) is 11.4 Å². The van der Waals surface area contributed by atoms with Gasteiger partial charge in [0, 0.05) is 10.7 Å². The lowest BCUT2D eigenvalue weighted by atomic mass is 10.2. The molecule has 2 rings (SSSR count). The van der Waals surface area contributed by atoms with Gasteiger partial charge >= 0.3 is 0 Å². The van der Waals surface area contributed by atoms with Gasteiger partial charge in [0.25, 0.3) is 10.0 Å². The molecule has 0 saturated carbocycles. The second kappa shape index (κ2) is 5.34. The molecular weight excluding hydrogens is 296 g/mol. The summed E-state index contributed by atoms with van der Waals surface area (Å²) in [6.45, 7) is 3.57. The van der Waals surface area contributed by atoms with Crippen LogP contribution in [0.15, 0.2) is 41.3 Å². The van der Waals surface area contributed by atoms with Gasteiger partial charge in [0.2, 0.25) is 0 Å². The summed E-state index contributed by atoms with van der Waals surface area (Å²) in [5, 5.41) is 0.508. The first-order chi connectivity index (χ1) is 9.31. The van der Waals surface area contributed by atoms with Crippen LogP contribution >= 0.6 is 11.6 Å². The van der Waals surface area contributed by atoms with Crippen LogP contribution in [0, 0.1) is 13.8 Å². The molecule has 0 fully saturated rings. The van der Waals surface area contributed by atoms with Crippen LogP contribution in [-0.2, 0) is 10.0 Å².